The third-order valence-corrected chi connectivity index (χ3v) is 4.48. The molecule has 4 nitrogen and oxygen atoms in total. The van der Waals surface area contributed by atoms with Gasteiger partial charge in [-0.3, -0.25) is 4.68 Å². The molecule has 0 amide bonds. The van der Waals surface area contributed by atoms with E-state index in [1.807, 2.05) is 12.5 Å². The van der Waals surface area contributed by atoms with Crippen molar-refractivity contribution in [3.8, 4) is 0 Å². The fourth-order valence-corrected chi connectivity index (χ4v) is 2.55. The Morgan fingerprint density at radius 2 is 1.73 bits per heavy atom. The second kappa shape index (κ2) is 7.12. The Bertz CT molecular complexity index is 527. The maximum atomic E-state index is 4.56. The number of hydrogen-bond acceptors (Lipinski definition) is 2. The van der Waals surface area contributed by atoms with Gasteiger partial charge < -0.3 is 4.57 Å². The molecule has 2 rings (SSSR count). The summed E-state index contributed by atoms with van der Waals surface area (Å²) < 4.78 is 4.28. The quantitative estimate of drug-likeness (QED) is 0.727. The molecule has 0 N–H and O–H groups in total. The zero-order valence-electron chi connectivity index (χ0n) is 14.8. The van der Waals surface area contributed by atoms with Crippen molar-refractivity contribution in [1.82, 2.24) is 19.3 Å². The second-order valence-electron chi connectivity index (χ2n) is 7.08. The number of hydrogen-bond donors (Lipinski definition) is 0. The van der Waals surface area contributed by atoms with Crippen LogP contribution in [0.3, 0.4) is 0 Å². The summed E-state index contributed by atoms with van der Waals surface area (Å²) in [6.45, 7) is 13.3. The molecule has 2 atom stereocenters. The van der Waals surface area contributed by atoms with Crippen molar-refractivity contribution in [3.63, 3.8) is 0 Å². The first kappa shape index (κ1) is 16.8. The van der Waals surface area contributed by atoms with Crippen molar-refractivity contribution >= 4 is 0 Å². The van der Waals surface area contributed by atoms with E-state index in [2.05, 4.69) is 73.3 Å². The summed E-state index contributed by atoms with van der Waals surface area (Å²) in [5.41, 5.74) is 2.51. The van der Waals surface area contributed by atoms with Gasteiger partial charge in [0.15, 0.2) is 0 Å². The van der Waals surface area contributed by atoms with Crippen LogP contribution in [0.4, 0.5) is 0 Å². The van der Waals surface area contributed by atoms with E-state index in [1.54, 1.807) is 0 Å². The van der Waals surface area contributed by atoms with E-state index in [4.69, 9.17) is 0 Å². The Kier molecular flexibility index (Phi) is 5.43. The van der Waals surface area contributed by atoms with Gasteiger partial charge in [0.1, 0.15) is 0 Å². The molecule has 0 aromatic carbocycles. The van der Waals surface area contributed by atoms with Gasteiger partial charge in [0.25, 0.3) is 0 Å². The van der Waals surface area contributed by atoms with Gasteiger partial charge in [0, 0.05) is 24.5 Å². The van der Waals surface area contributed by atoms with Crippen molar-refractivity contribution in [2.75, 3.05) is 0 Å². The highest BCUT2D eigenvalue weighted by Gasteiger charge is 2.14. The molecule has 2 unspecified atom stereocenters. The maximum Gasteiger partial charge on any atom is 0.0951 e. The van der Waals surface area contributed by atoms with E-state index in [0.717, 1.165) is 12.8 Å². The van der Waals surface area contributed by atoms with Gasteiger partial charge in [-0.1, -0.05) is 20.8 Å². The van der Waals surface area contributed by atoms with Gasteiger partial charge in [0.2, 0.25) is 0 Å². The summed E-state index contributed by atoms with van der Waals surface area (Å²) in [5, 5.41) is 4.51. The van der Waals surface area contributed by atoms with E-state index in [0.29, 0.717) is 23.9 Å². The Labute approximate surface area is 134 Å². The van der Waals surface area contributed by atoms with Gasteiger partial charge in [0.05, 0.1) is 18.2 Å². The first-order valence-electron chi connectivity index (χ1n) is 8.45. The molecule has 0 bridgehead atoms. The van der Waals surface area contributed by atoms with Gasteiger partial charge in [-0.05, 0) is 51.0 Å². The molecule has 0 aliphatic heterocycles. The van der Waals surface area contributed by atoms with E-state index in [1.165, 1.54) is 11.3 Å². The Balaban J connectivity index is 1.90. The summed E-state index contributed by atoms with van der Waals surface area (Å²) in [5.74, 6) is 1.03. The first-order valence-corrected chi connectivity index (χ1v) is 8.45. The highest BCUT2D eigenvalue weighted by atomic mass is 15.3. The lowest BCUT2D eigenvalue weighted by Crippen LogP contribution is -2.07. The Hall–Kier alpha value is -1.58. The van der Waals surface area contributed by atoms with E-state index in [9.17, 15) is 0 Å². The average molecular weight is 302 g/mol. The number of rotatable bonds is 7. The average Bonchev–Trinajstić information content (AvgIpc) is 3.12. The van der Waals surface area contributed by atoms with Crippen molar-refractivity contribution < 1.29 is 0 Å². The SMILES string of the molecule is CC(C)c1cnn(C(C)CCC(C)c2cn(C(C)C)cn2)c1. The highest BCUT2D eigenvalue weighted by Crippen LogP contribution is 2.25. The zero-order chi connectivity index (χ0) is 16.3. The fraction of sp³-hybridized carbons (Fsp3) is 0.667. The van der Waals surface area contributed by atoms with Gasteiger partial charge >= 0.3 is 0 Å². The van der Waals surface area contributed by atoms with Crippen molar-refractivity contribution in [2.24, 2.45) is 0 Å². The molecular weight excluding hydrogens is 272 g/mol. The van der Waals surface area contributed by atoms with Crippen molar-refractivity contribution in [2.45, 2.75) is 78.3 Å². The van der Waals surface area contributed by atoms with Crippen LogP contribution in [0.25, 0.3) is 0 Å². The molecule has 0 radical (unpaired) electrons. The van der Waals surface area contributed by atoms with Crippen LogP contribution in [-0.4, -0.2) is 19.3 Å². The lowest BCUT2D eigenvalue weighted by molar-refractivity contribution is 0.428. The van der Waals surface area contributed by atoms with Crippen LogP contribution in [0.2, 0.25) is 0 Å². The first-order chi connectivity index (χ1) is 10.4. The second-order valence-corrected chi connectivity index (χ2v) is 7.08. The summed E-state index contributed by atoms with van der Waals surface area (Å²) in [7, 11) is 0. The highest BCUT2D eigenvalue weighted by molar-refractivity contribution is 5.09. The largest absolute Gasteiger partial charge is 0.335 e. The van der Waals surface area contributed by atoms with Crippen LogP contribution in [-0.2, 0) is 0 Å². The smallest absolute Gasteiger partial charge is 0.0951 e. The lowest BCUT2D eigenvalue weighted by atomic mass is 9.99. The molecule has 22 heavy (non-hydrogen) atoms. The minimum atomic E-state index is 0.433. The van der Waals surface area contributed by atoms with Crippen LogP contribution < -0.4 is 0 Å². The minimum absolute atomic E-state index is 0.433. The molecule has 2 aromatic heterocycles. The summed E-state index contributed by atoms with van der Waals surface area (Å²) >= 11 is 0. The molecular formula is C18H30N4. The van der Waals surface area contributed by atoms with Crippen LogP contribution >= 0.6 is 0 Å². The van der Waals surface area contributed by atoms with E-state index >= 15 is 0 Å². The predicted octanol–water partition coefficient (Wildman–Crippen LogP) is 4.93. The molecule has 0 spiro atoms. The van der Waals surface area contributed by atoms with Gasteiger partial charge in [-0.2, -0.15) is 5.10 Å². The molecule has 0 saturated heterocycles. The summed E-state index contributed by atoms with van der Waals surface area (Å²) in [6, 6.07) is 0.910. The molecule has 2 aromatic rings. The van der Waals surface area contributed by atoms with Crippen LogP contribution in [0, 0.1) is 0 Å². The Morgan fingerprint density at radius 3 is 2.27 bits per heavy atom. The zero-order valence-corrected chi connectivity index (χ0v) is 14.8. The summed E-state index contributed by atoms with van der Waals surface area (Å²) in [6.07, 6.45) is 10.6. The topological polar surface area (TPSA) is 35.6 Å². The van der Waals surface area contributed by atoms with Crippen molar-refractivity contribution in [3.05, 3.63) is 36.2 Å². The fourth-order valence-electron chi connectivity index (χ4n) is 2.55. The third-order valence-electron chi connectivity index (χ3n) is 4.48. The normalized spacial score (nSPS) is 14.7. The molecule has 122 valence electrons. The van der Waals surface area contributed by atoms with Crippen LogP contribution in [0.5, 0.6) is 0 Å². The lowest BCUT2D eigenvalue weighted by Gasteiger charge is -2.15. The molecule has 0 aliphatic carbocycles. The predicted molar refractivity (Wildman–Crippen MR) is 91.3 cm³/mol. The van der Waals surface area contributed by atoms with Gasteiger partial charge in [-0.15, -0.1) is 0 Å². The maximum absolute atomic E-state index is 4.56. The van der Waals surface area contributed by atoms with Crippen LogP contribution in [0.1, 0.15) is 89.6 Å². The van der Waals surface area contributed by atoms with Gasteiger partial charge in [-0.25, -0.2) is 4.98 Å². The standard InChI is InChI=1S/C18H30N4/c1-13(2)17-9-20-22(10-17)16(6)8-7-15(5)18-11-21(12-19-18)14(3)4/h9-16H,7-8H2,1-6H3. The molecule has 0 saturated carbocycles. The molecule has 4 heteroatoms. The summed E-state index contributed by atoms with van der Waals surface area (Å²) in [4.78, 5) is 4.56. The van der Waals surface area contributed by atoms with E-state index < -0.39 is 0 Å². The molecule has 0 fully saturated rings. The number of imidazole rings is 1. The number of aromatic nitrogens is 4. The van der Waals surface area contributed by atoms with Crippen molar-refractivity contribution in [1.29, 1.82) is 0 Å². The molecule has 0 aliphatic rings. The third kappa shape index (κ3) is 3.99. The molecule has 2 heterocycles. The Morgan fingerprint density at radius 1 is 1.00 bits per heavy atom. The van der Waals surface area contributed by atoms with E-state index in [-0.39, 0.29) is 0 Å². The minimum Gasteiger partial charge on any atom is -0.335 e. The number of nitrogens with zero attached hydrogens (tertiary/aromatic N) is 4. The van der Waals surface area contributed by atoms with Crippen LogP contribution in [0.15, 0.2) is 24.9 Å². The monoisotopic (exact) mass is 302 g/mol.